The van der Waals surface area contributed by atoms with Crippen molar-refractivity contribution in [2.24, 2.45) is 0 Å². The summed E-state index contributed by atoms with van der Waals surface area (Å²) in [6, 6.07) is 13.3. The van der Waals surface area contributed by atoms with Crippen molar-refractivity contribution in [3.05, 3.63) is 53.6 Å². The van der Waals surface area contributed by atoms with E-state index in [1.165, 1.54) is 0 Å². The summed E-state index contributed by atoms with van der Waals surface area (Å²) in [5.74, 6) is 1.38. The molecule has 0 aliphatic heterocycles. The highest BCUT2D eigenvalue weighted by Gasteiger charge is 2.08. The standard InChI is InChI=1S/C20H25NO3/c1-5-16(4)24-18-11-9-17(10-12-18)21-19(22)13-23-20-14(2)7-6-8-15(20)3/h6-12,16H,5,13H2,1-4H3,(H,21,22). The summed E-state index contributed by atoms with van der Waals surface area (Å²) in [4.78, 5) is 12.1. The van der Waals surface area contributed by atoms with Gasteiger partial charge in [0.1, 0.15) is 11.5 Å². The molecule has 2 aromatic rings. The average Bonchev–Trinajstić information content (AvgIpc) is 2.56. The first kappa shape index (κ1) is 17.9. The lowest BCUT2D eigenvalue weighted by molar-refractivity contribution is -0.118. The molecule has 0 saturated carbocycles. The number of carbonyl (C=O) groups is 1. The Hall–Kier alpha value is -2.49. The monoisotopic (exact) mass is 327 g/mol. The maximum atomic E-state index is 12.1. The maximum absolute atomic E-state index is 12.1. The Labute approximate surface area is 143 Å². The van der Waals surface area contributed by atoms with E-state index in [4.69, 9.17) is 9.47 Å². The van der Waals surface area contributed by atoms with Gasteiger partial charge in [0.25, 0.3) is 5.91 Å². The number of carbonyl (C=O) groups excluding carboxylic acids is 1. The molecular formula is C20H25NO3. The molecule has 0 aliphatic rings. The fraction of sp³-hybridized carbons (Fsp3) is 0.350. The fourth-order valence-electron chi connectivity index (χ4n) is 2.29. The fourth-order valence-corrected chi connectivity index (χ4v) is 2.29. The van der Waals surface area contributed by atoms with E-state index >= 15 is 0 Å². The first-order valence-corrected chi connectivity index (χ1v) is 8.25. The molecule has 1 unspecified atom stereocenters. The van der Waals surface area contributed by atoms with Crippen LogP contribution in [-0.4, -0.2) is 18.6 Å². The first-order chi connectivity index (χ1) is 11.5. The number of hydrogen-bond donors (Lipinski definition) is 1. The van der Waals surface area contributed by atoms with E-state index in [2.05, 4.69) is 12.2 Å². The SMILES string of the molecule is CCC(C)Oc1ccc(NC(=O)COc2c(C)cccc2C)cc1. The second-order valence-corrected chi connectivity index (χ2v) is 5.92. The number of hydrogen-bond acceptors (Lipinski definition) is 3. The van der Waals surface area contributed by atoms with Crippen LogP contribution in [0.4, 0.5) is 5.69 Å². The van der Waals surface area contributed by atoms with E-state index in [1.807, 2.05) is 63.2 Å². The zero-order valence-corrected chi connectivity index (χ0v) is 14.8. The molecule has 1 amide bonds. The lowest BCUT2D eigenvalue weighted by Crippen LogP contribution is -2.20. The molecule has 0 saturated heterocycles. The Kier molecular flexibility index (Phi) is 6.24. The molecule has 0 aliphatic carbocycles. The number of para-hydroxylation sites is 1. The largest absolute Gasteiger partial charge is 0.491 e. The van der Waals surface area contributed by atoms with Crippen molar-refractivity contribution in [2.45, 2.75) is 40.2 Å². The predicted octanol–water partition coefficient (Wildman–Crippen LogP) is 4.50. The van der Waals surface area contributed by atoms with Gasteiger partial charge < -0.3 is 14.8 Å². The maximum Gasteiger partial charge on any atom is 0.262 e. The van der Waals surface area contributed by atoms with Gasteiger partial charge in [-0.25, -0.2) is 0 Å². The minimum Gasteiger partial charge on any atom is -0.491 e. The van der Waals surface area contributed by atoms with Crippen LogP contribution in [0.15, 0.2) is 42.5 Å². The third-order valence-electron chi connectivity index (χ3n) is 3.81. The molecule has 4 nitrogen and oxygen atoms in total. The van der Waals surface area contributed by atoms with Crippen LogP contribution < -0.4 is 14.8 Å². The van der Waals surface area contributed by atoms with Gasteiger partial charge in [-0.05, 0) is 62.6 Å². The van der Waals surface area contributed by atoms with Crippen LogP contribution in [0, 0.1) is 13.8 Å². The van der Waals surface area contributed by atoms with Crippen LogP contribution in [0.25, 0.3) is 0 Å². The molecule has 1 N–H and O–H groups in total. The highest BCUT2D eigenvalue weighted by atomic mass is 16.5. The Morgan fingerprint density at radius 2 is 1.71 bits per heavy atom. The van der Waals surface area contributed by atoms with E-state index in [1.54, 1.807) is 0 Å². The van der Waals surface area contributed by atoms with Crippen LogP contribution in [0.5, 0.6) is 11.5 Å². The Morgan fingerprint density at radius 3 is 2.29 bits per heavy atom. The second kappa shape index (κ2) is 8.39. The molecule has 0 radical (unpaired) electrons. The number of ether oxygens (including phenoxy) is 2. The minimum absolute atomic E-state index is 0.0171. The minimum atomic E-state index is -0.187. The normalized spacial score (nSPS) is 11.7. The summed E-state index contributed by atoms with van der Waals surface area (Å²) in [6.07, 6.45) is 1.13. The van der Waals surface area contributed by atoms with E-state index in [9.17, 15) is 4.79 Å². The number of aryl methyl sites for hydroxylation is 2. The molecular weight excluding hydrogens is 302 g/mol. The molecule has 2 rings (SSSR count). The summed E-state index contributed by atoms with van der Waals surface area (Å²) in [7, 11) is 0. The molecule has 128 valence electrons. The van der Waals surface area contributed by atoms with Gasteiger partial charge in [0, 0.05) is 5.69 Å². The van der Waals surface area contributed by atoms with Gasteiger partial charge in [0.15, 0.2) is 6.61 Å². The van der Waals surface area contributed by atoms with Gasteiger partial charge in [-0.15, -0.1) is 0 Å². The number of rotatable bonds is 7. The lowest BCUT2D eigenvalue weighted by atomic mass is 10.1. The van der Waals surface area contributed by atoms with E-state index in [0.717, 1.165) is 34.7 Å². The molecule has 4 heteroatoms. The van der Waals surface area contributed by atoms with Gasteiger partial charge in [-0.1, -0.05) is 25.1 Å². The topological polar surface area (TPSA) is 47.6 Å². The average molecular weight is 327 g/mol. The van der Waals surface area contributed by atoms with Crippen molar-refractivity contribution in [1.82, 2.24) is 0 Å². The van der Waals surface area contributed by atoms with Crippen LogP contribution in [-0.2, 0) is 4.79 Å². The van der Waals surface area contributed by atoms with Crippen molar-refractivity contribution in [1.29, 1.82) is 0 Å². The second-order valence-electron chi connectivity index (χ2n) is 5.92. The Balaban J connectivity index is 1.88. The predicted molar refractivity (Wildman–Crippen MR) is 96.9 cm³/mol. The van der Waals surface area contributed by atoms with Gasteiger partial charge >= 0.3 is 0 Å². The molecule has 0 fully saturated rings. The van der Waals surface area contributed by atoms with E-state index < -0.39 is 0 Å². The highest BCUT2D eigenvalue weighted by molar-refractivity contribution is 5.91. The summed E-state index contributed by atoms with van der Waals surface area (Å²) >= 11 is 0. The summed E-state index contributed by atoms with van der Waals surface area (Å²) in [5, 5.41) is 2.83. The van der Waals surface area contributed by atoms with Crippen LogP contribution in [0.2, 0.25) is 0 Å². The van der Waals surface area contributed by atoms with Crippen molar-refractivity contribution in [3.63, 3.8) is 0 Å². The third kappa shape index (κ3) is 5.01. The quantitative estimate of drug-likeness (QED) is 0.814. The number of nitrogens with one attached hydrogen (secondary N) is 1. The van der Waals surface area contributed by atoms with E-state index in [0.29, 0.717) is 0 Å². The Bertz CT molecular complexity index is 660. The van der Waals surface area contributed by atoms with Crippen molar-refractivity contribution < 1.29 is 14.3 Å². The summed E-state index contributed by atoms with van der Waals surface area (Å²) in [5.41, 5.74) is 2.77. The van der Waals surface area contributed by atoms with Crippen molar-refractivity contribution >= 4 is 11.6 Å². The van der Waals surface area contributed by atoms with E-state index in [-0.39, 0.29) is 18.6 Å². The summed E-state index contributed by atoms with van der Waals surface area (Å²) in [6.45, 7) is 8.03. The number of anilines is 1. The van der Waals surface area contributed by atoms with Crippen molar-refractivity contribution in [2.75, 3.05) is 11.9 Å². The number of amides is 1. The molecule has 24 heavy (non-hydrogen) atoms. The Morgan fingerprint density at radius 1 is 1.08 bits per heavy atom. The highest BCUT2D eigenvalue weighted by Crippen LogP contribution is 2.22. The van der Waals surface area contributed by atoms with Gasteiger partial charge in [0.05, 0.1) is 6.10 Å². The molecule has 0 aromatic heterocycles. The summed E-state index contributed by atoms with van der Waals surface area (Å²) < 4.78 is 11.4. The van der Waals surface area contributed by atoms with Gasteiger partial charge in [-0.2, -0.15) is 0 Å². The van der Waals surface area contributed by atoms with Crippen LogP contribution >= 0.6 is 0 Å². The van der Waals surface area contributed by atoms with Crippen LogP contribution in [0.3, 0.4) is 0 Å². The van der Waals surface area contributed by atoms with Gasteiger partial charge in [0.2, 0.25) is 0 Å². The molecule has 1 atom stereocenters. The first-order valence-electron chi connectivity index (χ1n) is 8.25. The zero-order chi connectivity index (χ0) is 17.5. The smallest absolute Gasteiger partial charge is 0.262 e. The zero-order valence-electron chi connectivity index (χ0n) is 14.8. The molecule has 0 heterocycles. The lowest BCUT2D eigenvalue weighted by Gasteiger charge is -2.14. The number of benzene rings is 2. The van der Waals surface area contributed by atoms with Crippen molar-refractivity contribution in [3.8, 4) is 11.5 Å². The third-order valence-corrected chi connectivity index (χ3v) is 3.81. The van der Waals surface area contributed by atoms with Crippen LogP contribution in [0.1, 0.15) is 31.4 Å². The van der Waals surface area contributed by atoms with Gasteiger partial charge in [-0.3, -0.25) is 4.79 Å². The molecule has 0 spiro atoms. The molecule has 2 aromatic carbocycles. The molecule has 0 bridgehead atoms.